The van der Waals surface area contributed by atoms with E-state index in [-0.39, 0.29) is 67.4 Å². The van der Waals surface area contributed by atoms with E-state index < -0.39 is 11.5 Å². The van der Waals surface area contributed by atoms with E-state index in [4.69, 9.17) is 14.6 Å². The number of H-pyrrole nitrogens is 2. The molecule has 0 amide bonds. The van der Waals surface area contributed by atoms with Crippen molar-refractivity contribution >= 4 is 23.6 Å². The van der Waals surface area contributed by atoms with Gasteiger partial charge in [-0.2, -0.15) is 5.60 Å². The number of nitrogens with zero attached hydrogens (tertiary/aromatic N) is 2. The number of carboxylic acid groups (broad SMARTS) is 1. The zero-order valence-electron chi connectivity index (χ0n) is 45.0. The summed E-state index contributed by atoms with van der Waals surface area (Å²) < 4.78 is 30.4. The zero-order chi connectivity index (χ0) is 51.5. The van der Waals surface area contributed by atoms with E-state index >= 15 is 0 Å². The minimum absolute atomic E-state index is 0. The molecule has 1 saturated carbocycles. The Kier molecular flexibility index (Phi) is 53.3. The molecule has 0 radical (unpaired) electrons. The van der Waals surface area contributed by atoms with Crippen LogP contribution >= 0.6 is 0 Å². The summed E-state index contributed by atoms with van der Waals surface area (Å²) in [4.78, 5) is 32.6. The molecule has 1 aliphatic heterocycles. The SMILES string of the molecule is C=C(C)C.C=C(N=C(C)C)c1ccc[nH]1.CCC.CCC.CCC.CCC1(CC)CC(F)(F)C1.CCCCCC.O=CO.[CH2-]C1([CH2-])OCCN(c2cc(C#CCCCC)c[nH]c2=O)C1C.[U+2]. The fourth-order valence-corrected chi connectivity index (χ4v) is 5.60. The standard InChI is InChI=1S/C18H24N2O2.C9H12N2.C8H14F2.C6H14.C4H8.3C3H8.CH2O2.U/c1-5-6-7-8-9-15-12-16(17(21)19-13-15)20-10-11-22-18(3,4)14(20)2;1-7(2)11-8(3)9-5-4-6-10-9;1-3-7(4-2)5-8(9,10)6-7;1-3-5-6-4-2;1-4(2)3;3*1-3-2;2-1-3;/h12-14H,3-7,10-11H2,1-2H3,(H,19,21);4-6,10H,3H2,1-2H3;3-6H2,1-2H3;3-6H2,1-2H3;1H2,2-3H3;3*3H2,1-2H3;1H,(H,2,3);/q-2;;;;;;;;;+2. The quantitative estimate of drug-likeness (QED) is 0.0548. The second-order valence-electron chi connectivity index (χ2n) is 16.9. The number of anilines is 1. The minimum atomic E-state index is -2.34. The molecule has 11 heteroatoms. The third-order valence-corrected chi connectivity index (χ3v) is 9.02. The van der Waals surface area contributed by atoms with Gasteiger partial charge in [-0.15, -0.1) is 6.58 Å². The van der Waals surface area contributed by atoms with Crippen molar-refractivity contribution < 1.29 is 54.5 Å². The number of aromatic nitrogens is 2. The Morgan fingerprint density at radius 2 is 1.36 bits per heavy atom. The van der Waals surface area contributed by atoms with E-state index in [1.807, 2.05) is 77.8 Å². The number of hydrogen-bond donors (Lipinski definition) is 3. The van der Waals surface area contributed by atoms with Crippen LogP contribution in [-0.4, -0.2) is 58.0 Å². The summed E-state index contributed by atoms with van der Waals surface area (Å²) in [7, 11) is 0. The predicted octanol–water partition coefficient (Wildman–Crippen LogP) is 16.4. The number of morpholine rings is 1. The summed E-state index contributed by atoms with van der Waals surface area (Å²) in [5, 5.41) is 6.89. The van der Waals surface area contributed by atoms with Crippen molar-refractivity contribution in [3.8, 4) is 11.8 Å². The van der Waals surface area contributed by atoms with Crippen LogP contribution in [0.4, 0.5) is 14.5 Å². The van der Waals surface area contributed by atoms with E-state index in [9.17, 15) is 13.6 Å². The maximum atomic E-state index is 12.4. The Balaban J connectivity index is -0.000000174. The Morgan fingerprint density at radius 3 is 1.71 bits per heavy atom. The van der Waals surface area contributed by atoms with Crippen molar-refractivity contribution in [2.45, 2.75) is 218 Å². The monoisotopic (exact) mass is 1150 g/mol. The van der Waals surface area contributed by atoms with E-state index in [1.54, 1.807) is 6.20 Å². The molecule has 2 aliphatic rings. The topological polar surface area (TPSA) is 111 Å². The number of allylic oxidation sites excluding steroid dienone is 1. The number of unbranched alkanes of at least 4 members (excludes halogenated alkanes) is 5. The van der Waals surface area contributed by atoms with E-state index in [1.165, 1.54) is 50.5 Å². The van der Waals surface area contributed by atoms with E-state index in [0.29, 0.717) is 18.8 Å². The number of alkyl halides is 2. The predicted molar refractivity (Wildman–Crippen MR) is 282 cm³/mol. The molecule has 1 saturated heterocycles. The van der Waals surface area contributed by atoms with Crippen LogP contribution in [-0.2, 0) is 9.53 Å². The van der Waals surface area contributed by atoms with Crippen LogP contribution in [0.25, 0.3) is 5.70 Å². The normalized spacial score (nSPS) is 14.7. The van der Waals surface area contributed by atoms with Gasteiger partial charge in [0.15, 0.2) is 0 Å². The van der Waals surface area contributed by atoms with E-state index in [2.05, 4.69) is 116 Å². The molecular formula is C55H98F2N4O4U. The third-order valence-electron chi connectivity index (χ3n) is 9.02. The average molecular weight is 1160 g/mol. The molecule has 3 N–H and O–H groups in total. The smallest absolute Gasteiger partial charge is 0.483 e. The molecule has 380 valence electrons. The molecule has 0 aromatic carbocycles. The molecule has 2 fully saturated rings. The number of halogens is 2. The van der Waals surface area contributed by atoms with Crippen LogP contribution < -0.4 is 10.5 Å². The van der Waals surface area contributed by atoms with Gasteiger partial charge in [-0.05, 0) is 64.7 Å². The van der Waals surface area contributed by atoms with Gasteiger partial charge in [0.05, 0.1) is 18.0 Å². The molecule has 66 heavy (non-hydrogen) atoms. The molecule has 0 spiro atoms. The van der Waals surface area contributed by atoms with Gasteiger partial charge in [0.2, 0.25) is 5.92 Å². The second kappa shape index (κ2) is 47.2. The van der Waals surface area contributed by atoms with Crippen LogP contribution in [0, 0.1) is 62.2 Å². The van der Waals surface area contributed by atoms with Crippen LogP contribution in [0.1, 0.15) is 212 Å². The largest absolute Gasteiger partial charge is 2.00 e. The first-order chi connectivity index (χ1) is 30.5. The molecule has 3 heterocycles. The summed E-state index contributed by atoms with van der Waals surface area (Å²) in [5.41, 5.74) is 4.48. The first-order valence-electron chi connectivity index (χ1n) is 24.2. The molecule has 1 atom stereocenters. The van der Waals surface area contributed by atoms with Gasteiger partial charge >= 0.3 is 31.1 Å². The summed E-state index contributed by atoms with van der Waals surface area (Å²) in [6.07, 6.45) is 18.0. The number of rotatable bonds is 10. The van der Waals surface area contributed by atoms with Gasteiger partial charge in [0, 0.05) is 55.5 Å². The maximum Gasteiger partial charge on any atom is 2.00 e. The summed E-state index contributed by atoms with van der Waals surface area (Å²) in [5.74, 6) is 3.91. The van der Waals surface area contributed by atoms with Gasteiger partial charge in [0.25, 0.3) is 12.0 Å². The maximum absolute atomic E-state index is 12.4. The summed E-state index contributed by atoms with van der Waals surface area (Å²) in [6, 6.07) is 5.64. The fraction of sp³-hybridized carbons (Fsp3) is 0.655. The van der Waals surface area contributed by atoms with Crippen molar-refractivity contribution in [2.24, 2.45) is 10.4 Å². The number of pyridine rings is 1. The average Bonchev–Trinajstić information content (AvgIpc) is 3.77. The molecule has 2 aromatic heterocycles. The Bertz CT molecular complexity index is 1560. The van der Waals surface area contributed by atoms with Gasteiger partial charge in [-0.25, -0.2) is 8.78 Å². The molecule has 2 aromatic rings. The summed E-state index contributed by atoms with van der Waals surface area (Å²) >= 11 is 0. The molecule has 1 aliphatic carbocycles. The minimum Gasteiger partial charge on any atom is -0.483 e. The molecule has 1 unspecified atom stereocenters. The number of aromatic amines is 2. The van der Waals surface area contributed by atoms with Crippen molar-refractivity contribution in [3.63, 3.8) is 0 Å². The van der Waals surface area contributed by atoms with Gasteiger partial charge in [0.1, 0.15) is 5.69 Å². The third kappa shape index (κ3) is 41.3. The van der Waals surface area contributed by atoms with Crippen molar-refractivity contribution in [3.05, 3.63) is 84.8 Å². The molecule has 8 nitrogen and oxygen atoms in total. The molecule has 0 bridgehead atoms. The Labute approximate surface area is 428 Å². The first kappa shape index (κ1) is 74.6. The zero-order valence-corrected chi connectivity index (χ0v) is 49.2. The number of ether oxygens (including phenoxy) is 1. The molecular weight excluding hydrogens is 1060 g/mol. The van der Waals surface area contributed by atoms with Crippen LogP contribution in [0.3, 0.4) is 0 Å². The van der Waals surface area contributed by atoms with Gasteiger partial charge in [-0.1, -0.05) is 164 Å². The van der Waals surface area contributed by atoms with Crippen LogP contribution in [0.5, 0.6) is 0 Å². The number of carbonyl (C=O) groups is 1. The van der Waals surface area contributed by atoms with Crippen LogP contribution in [0.15, 0.2) is 59.1 Å². The van der Waals surface area contributed by atoms with Crippen molar-refractivity contribution in [2.75, 3.05) is 18.1 Å². The first-order valence-corrected chi connectivity index (χ1v) is 24.2. The number of aliphatic imine (C=N–C) groups is 1. The number of hydrogen-bond acceptors (Lipinski definition) is 5. The van der Waals surface area contributed by atoms with Crippen molar-refractivity contribution in [1.29, 1.82) is 0 Å². The van der Waals surface area contributed by atoms with Gasteiger partial charge in [-0.3, -0.25) is 14.6 Å². The summed E-state index contributed by atoms with van der Waals surface area (Å²) in [6.45, 7) is 49.4. The fourth-order valence-electron chi connectivity index (χ4n) is 5.60. The van der Waals surface area contributed by atoms with Gasteiger partial charge < -0.3 is 38.6 Å². The van der Waals surface area contributed by atoms with Crippen molar-refractivity contribution in [1.82, 2.24) is 9.97 Å². The number of nitrogens with one attached hydrogen (secondary N) is 2. The second-order valence-corrected chi connectivity index (χ2v) is 16.9. The van der Waals surface area contributed by atoms with Crippen LogP contribution in [0.2, 0.25) is 0 Å². The Morgan fingerprint density at radius 1 is 0.909 bits per heavy atom. The van der Waals surface area contributed by atoms with E-state index in [0.717, 1.165) is 54.8 Å². The Hall–Kier alpha value is -2.92. The molecule has 4 rings (SSSR count).